The van der Waals surface area contributed by atoms with Crippen LogP contribution < -0.4 is 15.5 Å². The molecule has 3 rings (SSSR count). The Bertz CT molecular complexity index is 495. The quantitative estimate of drug-likeness (QED) is 0.804. The smallest absolute Gasteiger partial charge is 0.234 e. The third-order valence-corrected chi connectivity index (χ3v) is 4.99. The molecule has 1 atom stereocenters. The number of carbonyl (C=O) groups excluding carboxylic acids is 1. The Kier molecular flexibility index (Phi) is 6.43. The van der Waals surface area contributed by atoms with E-state index in [0.717, 1.165) is 64.0 Å². The topological polar surface area (TPSA) is 60.5 Å². The highest BCUT2D eigenvalue weighted by atomic mass is 16.2. The van der Waals surface area contributed by atoms with Crippen LogP contribution >= 0.6 is 0 Å². The molecule has 6 nitrogen and oxygen atoms in total. The Morgan fingerprint density at radius 3 is 2.88 bits per heavy atom. The number of amides is 1. The molecule has 2 fully saturated rings. The first-order chi connectivity index (χ1) is 11.8. The van der Waals surface area contributed by atoms with Gasteiger partial charge in [0.25, 0.3) is 0 Å². The number of aromatic nitrogens is 1. The van der Waals surface area contributed by atoms with E-state index < -0.39 is 0 Å². The van der Waals surface area contributed by atoms with Crippen LogP contribution in [0.25, 0.3) is 0 Å². The molecular weight excluding hydrogens is 302 g/mol. The monoisotopic (exact) mass is 331 g/mol. The number of anilines is 1. The number of carbonyl (C=O) groups is 1. The van der Waals surface area contributed by atoms with E-state index in [-0.39, 0.29) is 5.91 Å². The van der Waals surface area contributed by atoms with Crippen molar-refractivity contribution in [1.82, 2.24) is 20.5 Å². The number of pyridine rings is 1. The van der Waals surface area contributed by atoms with E-state index in [4.69, 9.17) is 0 Å². The van der Waals surface area contributed by atoms with Crippen molar-refractivity contribution in [3.63, 3.8) is 0 Å². The molecule has 0 aliphatic carbocycles. The van der Waals surface area contributed by atoms with Crippen LogP contribution in [-0.2, 0) is 4.79 Å². The first-order valence-electron chi connectivity index (χ1n) is 9.17. The lowest BCUT2D eigenvalue weighted by molar-refractivity contribution is -0.122. The Balaban J connectivity index is 1.31. The van der Waals surface area contributed by atoms with Crippen molar-refractivity contribution in [3.05, 3.63) is 24.4 Å². The number of piperazine rings is 1. The molecule has 1 amide bonds. The maximum Gasteiger partial charge on any atom is 0.234 e. The number of rotatable bonds is 6. The zero-order valence-electron chi connectivity index (χ0n) is 14.4. The van der Waals surface area contributed by atoms with Gasteiger partial charge in [-0.3, -0.25) is 9.69 Å². The minimum Gasteiger partial charge on any atom is -0.355 e. The lowest BCUT2D eigenvalue weighted by atomic mass is 9.96. The number of piperidine rings is 1. The van der Waals surface area contributed by atoms with Crippen molar-refractivity contribution in [1.29, 1.82) is 0 Å². The van der Waals surface area contributed by atoms with Gasteiger partial charge in [0.1, 0.15) is 5.82 Å². The van der Waals surface area contributed by atoms with Crippen LogP contribution in [0.1, 0.15) is 19.3 Å². The highest BCUT2D eigenvalue weighted by molar-refractivity contribution is 5.78. The Morgan fingerprint density at radius 1 is 1.29 bits per heavy atom. The van der Waals surface area contributed by atoms with Crippen molar-refractivity contribution in [2.75, 3.05) is 57.3 Å². The summed E-state index contributed by atoms with van der Waals surface area (Å²) in [7, 11) is 0. The first-order valence-corrected chi connectivity index (χ1v) is 9.17. The van der Waals surface area contributed by atoms with Crippen molar-refractivity contribution in [3.8, 4) is 0 Å². The highest BCUT2D eigenvalue weighted by Crippen LogP contribution is 2.13. The number of nitrogens with zero attached hydrogens (tertiary/aromatic N) is 3. The third kappa shape index (κ3) is 5.18. The van der Waals surface area contributed by atoms with Gasteiger partial charge in [0.05, 0.1) is 6.54 Å². The van der Waals surface area contributed by atoms with Gasteiger partial charge in [-0.2, -0.15) is 0 Å². The molecule has 1 aromatic rings. The molecular formula is C18H29N5O. The molecule has 0 spiro atoms. The van der Waals surface area contributed by atoms with Crippen LogP contribution in [0.4, 0.5) is 5.82 Å². The summed E-state index contributed by atoms with van der Waals surface area (Å²) in [5.74, 6) is 1.91. The van der Waals surface area contributed by atoms with Crippen LogP contribution in [0.3, 0.4) is 0 Å². The lowest BCUT2D eigenvalue weighted by Crippen LogP contribution is -2.49. The maximum absolute atomic E-state index is 12.1. The molecule has 2 N–H and O–H groups in total. The first kappa shape index (κ1) is 17.2. The van der Waals surface area contributed by atoms with Crippen molar-refractivity contribution < 1.29 is 4.79 Å². The van der Waals surface area contributed by atoms with Crippen LogP contribution in [0.15, 0.2) is 24.4 Å². The summed E-state index contributed by atoms with van der Waals surface area (Å²) >= 11 is 0. The minimum absolute atomic E-state index is 0.157. The van der Waals surface area contributed by atoms with E-state index in [1.165, 1.54) is 12.8 Å². The summed E-state index contributed by atoms with van der Waals surface area (Å²) in [6.07, 6.45) is 5.47. The van der Waals surface area contributed by atoms with Gasteiger partial charge < -0.3 is 15.5 Å². The van der Waals surface area contributed by atoms with Crippen LogP contribution in [0.2, 0.25) is 0 Å². The normalized spacial score (nSPS) is 22.3. The zero-order valence-corrected chi connectivity index (χ0v) is 14.4. The van der Waals surface area contributed by atoms with Crippen LogP contribution in [0, 0.1) is 5.92 Å². The summed E-state index contributed by atoms with van der Waals surface area (Å²) in [5, 5.41) is 6.51. The van der Waals surface area contributed by atoms with Crippen LogP contribution in [0.5, 0.6) is 0 Å². The molecule has 132 valence electrons. The molecule has 3 heterocycles. The Hall–Kier alpha value is -1.66. The second kappa shape index (κ2) is 8.99. The molecule has 2 saturated heterocycles. The summed E-state index contributed by atoms with van der Waals surface area (Å²) < 4.78 is 0. The second-order valence-corrected chi connectivity index (χ2v) is 6.80. The SMILES string of the molecule is O=C(CN1CCN(c2ccccn2)CC1)NCCC1CCCNC1. The summed E-state index contributed by atoms with van der Waals surface area (Å²) in [4.78, 5) is 21.0. The second-order valence-electron chi connectivity index (χ2n) is 6.80. The molecule has 0 radical (unpaired) electrons. The number of nitrogens with one attached hydrogen (secondary N) is 2. The van der Waals surface area contributed by atoms with Gasteiger partial charge in [-0.1, -0.05) is 6.07 Å². The molecule has 0 aromatic carbocycles. The van der Waals surface area contributed by atoms with Gasteiger partial charge in [0.2, 0.25) is 5.91 Å². The van der Waals surface area contributed by atoms with Gasteiger partial charge in [0, 0.05) is 38.9 Å². The number of hydrogen-bond donors (Lipinski definition) is 2. The third-order valence-electron chi connectivity index (χ3n) is 4.99. The van der Waals surface area contributed by atoms with Crippen molar-refractivity contribution in [2.24, 2.45) is 5.92 Å². The highest BCUT2D eigenvalue weighted by Gasteiger charge is 2.20. The minimum atomic E-state index is 0.157. The molecule has 1 aromatic heterocycles. The van der Waals surface area contributed by atoms with Gasteiger partial charge in [-0.25, -0.2) is 4.98 Å². The van der Waals surface area contributed by atoms with Gasteiger partial charge in [-0.05, 0) is 50.4 Å². The maximum atomic E-state index is 12.1. The molecule has 2 aliphatic rings. The van der Waals surface area contributed by atoms with Gasteiger partial charge >= 0.3 is 0 Å². The van der Waals surface area contributed by atoms with Crippen molar-refractivity contribution in [2.45, 2.75) is 19.3 Å². The fourth-order valence-electron chi connectivity index (χ4n) is 3.52. The Morgan fingerprint density at radius 2 is 2.17 bits per heavy atom. The standard InChI is InChI=1S/C18H29N5O/c24-18(21-9-6-16-4-3-7-19-14-16)15-22-10-12-23(13-11-22)17-5-1-2-8-20-17/h1-2,5,8,16,19H,3-4,6-7,9-15H2,(H,21,24). The summed E-state index contributed by atoms with van der Waals surface area (Å²) in [5.41, 5.74) is 0. The fourth-order valence-corrected chi connectivity index (χ4v) is 3.52. The summed E-state index contributed by atoms with van der Waals surface area (Å²) in [6.45, 7) is 7.25. The molecule has 0 saturated carbocycles. The van der Waals surface area contributed by atoms with Crippen molar-refractivity contribution >= 4 is 11.7 Å². The number of hydrogen-bond acceptors (Lipinski definition) is 5. The largest absolute Gasteiger partial charge is 0.355 e. The molecule has 0 bridgehead atoms. The van der Waals surface area contributed by atoms with E-state index in [1.54, 1.807) is 0 Å². The molecule has 6 heteroatoms. The van der Waals surface area contributed by atoms with Gasteiger partial charge in [-0.15, -0.1) is 0 Å². The molecule has 1 unspecified atom stereocenters. The lowest BCUT2D eigenvalue weighted by Gasteiger charge is -2.35. The zero-order chi connectivity index (χ0) is 16.6. The molecule has 2 aliphatic heterocycles. The van der Waals surface area contributed by atoms with E-state index >= 15 is 0 Å². The average Bonchev–Trinajstić information content (AvgIpc) is 2.64. The van der Waals surface area contributed by atoms with E-state index in [9.17, 15) is 4.79 Å². The van der Waals surface area contributed by atoms with E-state index in [2.05, 4.69) is 25.4 Å². The fraction of sp³-hybridized carbons (Fsp3) is 0.667. The van der Waals surface area contributed by atoms with E-state index in [1.807, 2.05) is 24.4 Å². The Labute approximate surface area is 144 Å². The predicted octanol–water partition coefficient (Wildman–Crippen LogP) is 0.710. The predicted molar refractivity (Wildman–Crippen MR) is 96.1 cm³/mol. The van der Waals surface area contributed by atoms with Crippen LogP contribution in [-0.4, -0.2) is 68.1 Å². The summed E-state index contributed by atoms with van der Waals surface area (Å²) in [6, 6.07) is 6.00. The average molecular weight is 331 g/mol. The van der Waals surface area contributed by atoms with E-state index in [0.29, 0.717) is 6.54 Å². The molecule has 24 heavy (non-hydrogen) atoms. The van der Waals surface area contributed by atoms with Gasteiger partial charge in [0.15, 0.2) is 0 Å².